The van der Waals surface area contributed by atoms with Crippen molar-refractivity contribution in [2.75, 3.05) is 12.3 Å². The van der Waals surface area contributed by atoms with Crippen molar-refractivity contribution in [1.29, 1.82) is 0 Å². The van der Waals surface area contributed by atoms with Crippen molar-refractivity contribution in [2.45, 2.75) is 18.9 Å². The van der Waals surface area contributed by atoms with Crippen molar-refractivity contribution >= 4 is 5.69 Å². The Morgan fingerprint density at radius 1 is 1.35 bits per heavy atom. The minimum absolute atomic E-state index is 0.0405. The summed E-state index contributed by atoms with van der Waals surface area (Å²) < 4.78 is 10.6. The van der Waals surface area contributed by atoms with E-state index in [1.807, 2.05) is 0 Å². The van der Waals surface area contributed by atoms with Gasteiger partial charge in [-0.15, -0.1) is 0 Å². The van der Waals surface area contributed by atoms with E-state index in [0.717, 1.165) is 19.4 Å². The Balaban J connectivity index is 1.86. The Morgan fingerprint density at radius 3 is 3.00 bits per heavy atom. The van der Waals surface area contributed by atoms with Crippen LogP contribution in [0.4, 0.5) is 5.69 Å². The second-order valence-electron chi connectivity index (χ2n) is 3.94. The molecule has 88 valence electrons. The molecule has 2 aromatic rings. The van der Waals surface area contributed by atoms with Gasteiger partial charge in [0.2, 0.25) is 5.82 Å². The Labute approximate surface area is 97.8 Å². The number of ether oxygens (including phenoxy) is 1. The first-order valence-electron chi connectivity index (χ1n) is 5.50. The monoisotopic (exact) mass is 232 g/mol. The standard InChI is InChI=1S/C11H12N4O2/c12-7-3-4-8(13-6-7)11-14-10(15-17-11)9-2-1-5-16-9/h3-4,6,9H,1-2,5,12H2. The van der Waals surface area contributed by atoms with Crippen LogP contribution in [-0.2, 0) is 4.74 Å². The Kier molecular flexibility index (Phi) is 2.49. The van der Waals surface area contributed by atoms with Crippen molar-refractivity contribution in [2.24, 2.45) is 0 Å². The van der Waals surface area contributed by atoms with E-state index in [-0.39, 0.29) is 6.10 Å². The molecule has 0 amide bonds. The predicted octanol–water partition coefficient (Wildman–Crippen LogP) is 1.57. The zero-order valence-electron chi connectivity index (χ0n) is 9.17. The van der Waals surface area contributed by atoms with E-state index in [2.05, 4.69) is 15.1 Å². The first-order valence-corrected chi connectivity index (χ1v) is 5.50. The van der Waals surface area contributed by atoms with E-state index in [9.17, 15) is 0 Å². The molecule has 3 rings (SSSR count). The molecule has 0 aromatic carbocycles. The van der Waals surface area contributed by atoms with Crippen LogP contribution in [0, 0.1) is 0 Å². The average molecular weight is 232 g/mol. The zero-order valence-corrected chi connectivity index (χ0v) is 9.17. The fourth-order valence-electron chi connectivity index (χ4n) is 1.78. The number of nitrogens with two attached hydrogens (primary N) is 1. The number of nitrogen functional groups attached to an aromatic ring is 1. The molecular weight excluding hydrogens is 220 g/mol. The molecule has 1 atom stereocenters. The third-order valence-corrected chi connectivity index (χ3v) is 2.66. The molecule has 0 saturated carbocycles. The van der Waals surface area contributed by atoms with Crippen LogP contribution in [0.5, 0.6) is 0 Å². The van der Waals surface area contributed by atoms with Gasteiger partial charge in [-0.05, 0) is 25.0 Å². The molecule has 6 nitrogen and oxygen atoms in total. The molecule has 0 bridgehead atoms. The number of pyridine rings is 1. The second-order valence-corrected chi connectivity index (χ2v) is 3.94. The number of anilines is 1. The third-order valence-electron chi connectivity index (χ3n) is 2.66. The second kappa shape index (κ2) is 4.14. The Bertz CT molecular complexity index is 502. The van der Waals surface area contributed by atoms with Crippen LogP contribution in [0.15, 0.2) is 22.9 Å². The Morgan fingerprint density at radius 2 is 2.29 bits per heavy atom. The summed E-state index contributed by atoms with van der Waals surface area (Å²) in [4.78, 5) is 8.41. The van der Waals surface area contributed by atoms with Gasteiger partial charge in [-0.2, -0.15) is 4.98 Å². The van der Waals surface area contributed by atoms with Gasteiger partial charge in [0.1, 0.15) is 11.8 Å². The molecular formula is C11H12N4O2. The van der Waals surface area contributed by atoms with Crippen molar-refractivity contribution in [3.63, 3.8) is 0 Å². The lowest BCUT2D eigenvalue weighted by Crippen LogP contribution is -1.98. The van der Waals surface area contributed by atoms with Crippen LogP contribution >= 0.6 is 0 Å². The van der Waals surface area contributed by atoms with Gasteiger partial charge in [-0.3, -0.25) is 0 Å². The summed E-state index contributed by atoms with van der Waals surface area (Å²) in [5.74, 6) is 0.992. The summed E-state index contributed by atoms with van der Waals surface area (Å²) in [6, 6.07) is 3.50. The first-order chi connectivity index (χ1) is 8.33. The molecule has 0 aliphatic carbocycles. The molecule has 1 aliphatic heterocycles. The molecule has 0 radical (unpaired) electrons. The molecule has 2 aromatic heterocycles. The van der Waals surface area contributed by atoms with E-state index in [0.29, 0.717) is 23.1 Å². The van der Waals surface area contributed by atoms with Gasteiger partial charge in [-0.25, -0.2) is 4.98 Å². The number of aromatic nitrogens is 3. The minimum atomic E-state index is -0.0405. The van der Waals surface area contributed by atoms with Gasteiger partial charge in [0, 0.05) is 6.61 Å². The van der Waals surface area contributed by atoms with Crippen LogP contribution in [0.25, 0.3) is 11.6 Å². The maximum atomic E-state index is 5.56. The molecule has 17 heavy (non-hydrogen) atoms. The van der Waals surface area contributed by atoms with Gasteiger partial charge >= 0.3 is 0 Å². The number of hydrogen-bond acceptors (Lipinski definition) is 6. The van der Waals surface area contributed by atoms with Crippen molar-refractivity contribution < 1.29 is 9.26 Å². The van der Waals surface area contributed by atoms with Crippen LogP contribution in [0.1, 0.15) is 24.8 Å². The summed E-state index contributed by atoms with van der Waals surface area (Å²) in [5.41, 5.74) is 6.79. The van der Waals surface area contributed by atoms with Crippen LogP contribution in [0.3, 0.4) is 0 Å². The molecule has 0 spiro atoms. The van der Waals surface area contributed by atoms with E-state index in [4.69, 9.17) is 15.0 Å². The molecule has 1 aliphatic rings. The zero-order chi connectivity index (χ0) is 11.7. The molecule has 1 fully saturated rings. The lowest BCUT2D eigenvalue weighted by molar-refractivity contribution is 0.103. The maximum Gasteiger partial charge on any atom is 0.276 e. The quantitative estimate of drug-likeness (QED) is 0.845. The summed E-state index contributed by atoms with van der Waals surface area (Å²) in [6.07, 6.45) is 3.50. The van der Waals surface area contributed by atoms with E-state index >= 15 is 0 Å². The Hall–Kier alpha value is -1.95. The molecule has 1 saturated heterocycles. The van der Waals surface area contributed by atoms with Crippen molar-refractivity contribution in [3.8, 4) is 11.6 Å². The van der Waals surface area contributed by atoms with Gasteiger partial charge in [0.15, 0.2) is 0 Å². The molecule has 3 heterocycles. The number of hydrogen-bond donors (Lipinski definition) is 1. The van der Waals surface area contributed by atoms with E-state index in [1.165, 1.54) is 0 Å². The fraction of sp³-hybridized carbons (Fsp3) is 0.364. The fourth-order valence-corrected chi connectivity index (χ4v) is 1.78. The number of nitrogens with zero attached hydrogens (tertiary/aromatic N) is 3. The SMILES string of the molecule is Nc1ccc(-c2nc(C3CCCO3)no2)nc1. The highest BCUT2D eigenvalue weighted by Gasteiger charge is 2.23. The lowest BCUT2D eigenvalue weighted by Gasteiger charge is -2.00. The van der Waals surface area contributed by atoms with Gasteiger partial charge in [0.05, 0.1) is 11.9 Å². The van der Waals surface area contributed by atoms with Gasteiger partial charge in [0.25, 0.3) is 5.89 Å². The number of rotatable bonds is 2. The first kappa shape index (κ1) is 10.2. The largest absolute Gasteiger partial charge is 0.397 e. The highest BCUT2D eigenvalue weighted by Crippen LogP contribution is 2.27. The minimum Gasteiger partial charge on any atom is -0.397 e. The van der Waals surface area contributed by atoms with Crippen molar-refractivity contribution in [3.05, 3.63) is 24.2 Å². The van der Waals surface area contributed by atoms with Crippen molar-refractivity contribution in [1.82, 2.24) is 15.1 Å². The third kappa shape index (κ3) is 1.99. The highest BCUT2D eigenvalue weighted by atomic mass is 16.5. The van der Waals surface area contributed by atoms with Gasteiger partial charge < -0.3 is 15.0 Å². The topological polar surface area (TPSA) is 87.1 Å². The maximum absolute atomic E-state index is 5.56. The average Bonchev–Trinajstić information content (AvgIpc) is 3.00. The lowest BCUT2D eigenvalue weighted by atomic mass is 10.2. The summed E-state index contributed by atoms with van der Waals surface area (Å²) >= 11 is 0. The molecule has 1 unspecified atom stereocenters. The summed E-state index contributed by atoms with van der Waals surface area (Å²) in [7, 11) is 0. The van der Waals surface area contributed by atoms with Crippen LogP contribution in [0.2, 0.25) is 0 Å². The van der Waals surface area contributed by atoms with Crippen LogP contribution < -0.4 is 5.73 Å². The predicted molar refractivity (Wildman–Crippen MR) is 59.9 cm³/mol. The highest BCUT2D eigenvalue weighted by molar-refractivity contribution is 5.50. The van der Waals surface area contributed by atoms with E-state index in [1.54, 1.807) is 18.3 Å². The molecule has 6 heteroatoms. The normalized spacial score (nSPS) is 19.6. The summed E-state index contributed by atoms with van der Waals surface area (Å²) in [5, 5.41) is 3.91. The van der Waals surface area contributed by atoms with E-state index < -0.39 is 0 Å². The van der Waals surface area contributed by atoms with Crippen LogP contribution in [-0.4, -0.2) is 21.7 Å². The summed E-state index contributed by atoms with van der Waals surface area (Å²) in [6.45, 7) is 0.759. The van der Waals surface area contributed by atoms with Gasteiger partial charge in [-0.1, -0.05) is 5.16 Å². The smallest absolute Gasteiger partial charge is 0.276 e. The molecule has 2 N–H and O–H groups in total.